The molecule has 2 atom stereocenters. The van der Waals surface area contributed by atoms with Crippen molar-refractivity contribution in [1.29, 1.82) is 0 Å². The lowest BCUT2D eigenvalue weighted by Gasteiger charge is -2.28. The highest BCUT2D eigenvalue weighted by Gasteiger charge is 2.30. The molecule has 1 aliphatic rings. The Hall–Kier alpha value is -2.89. The van der Waals surface area contributed by atoms with Crippen LogP contribution in [0.1, 0.15) is 29.5 Å². The van der Waals surface area contributed by atoms with Crippen LogP contribution in [0, 0.1) is 5.82 Å². The summed E-state index contributed by atoms with van der Waals surface area (Å²) in [4.78, 5) is 26.8. The lowest BCUT2D eigenvalue weighted by molar-refractivity contribution is -0.133. The van der Waals surface area contributed by atoms with Gasteiger partial charge < -0.3 is 15.0 Å². The number of hydrogen-bond acceptors (Lipinski definition) is 3. The Labute approximate surface area is 164 Å². The van der Waals surface area contributed by atoms with Crippen molar-refractivity contribution in [3.8, 4) is 0 Å². The molecule has 2 amide bonds. The van der Waals surface area contributed by atoms with E-state index in [1.54, 1.807) is 17.0 Å². The Bertz CT molecular complexity index is 841. The Morgan fingerprint density at radius 1 is 1.25 bits per heavy atom. The fourth-order valence-corrected chi connectivity index (χ4v) is 3.70. The number of fused-ring (bicyclic) bond motifs is 1. The summed E-state index contributed by atoms with van der Waals surface area (Å²) in [6.07, 6.45) is 0.394. The number of carbonyl (C=O) groups is 2. The van der Waals surface area contributed by atoms with Gasteiger partial charge in [-0.1, -0.05) is 43.3 Å². The summed E-state index contributed by atoms with van der Waals surface area (Å²) in [5.74, 6) is -0.415. The maximum Gasteiger partial charge on any atom is 0.407 e. The monoisotopic (exact) mass is 384 g/mol. The number of halogens is 1. The number of amides is 2. The molecule has 5 nitrogen and oxygen atoms in total. The summed E-state index contributed by atoms with van der Waals surface area (Å²) in [5.41, 5.74) is 2.95. The van der Waals surface area contributed by atoms with E-state index in [9.17, 15) is 14.0 Å². The largest absolute Gasteiger partial charge is 0.453 e. The molecule has 28 heavy (non-hydrogen) atoms. The first-order valence-corrected chi connectivity index (χ1v) is 9.43. The Morgan fingerprint density at radius 2 is 2.00 bits per heavy atom. The highest BCUT2D eigenvalue weighted by Crippen LogP contribution is 2.26. The third-order valence-corrected chi connectivity index (χ3v) is 5.15. The van der Waals surface area contributed by atoms with Gasteiger partial charge in [0.15, 0.2) is 0 Å². The molecule has 0 bridgehead atoms. The number of alkyl carbamates (subject to hydrolysis) is 1. The molecule has 2 aromatic rings. The van der Waals surface area contributed by atoms with Crippen molar-refractivity contribution in [2.75, 3.05) is 20.2 Å². The Kier molecular flexibility index (Phi) is 6.29. The number of hydrogen-bond donors (Lipinski definition) is 1. The van der Waals surface area contributed by atoms with E-state index in [1.807, 2.05) is 37.3 Å². The van der Waals surface area contributed by atoms with E-state index in [2.05, 4.69) is 5.32 Å². The summed E-state index contributed by atoms with van der Waals surface area (Å²) in [6.45, 7) is 2.99. The molecule has 2 unspecified atom stereocenters. The zero-order valence-electron chi connectivity index (χ0n) is 16.2. The maximum atomic E-state index is 13.7. The van der Waals surface area contributed by atoms with Gasteiger partial charge in [0.1, 0.15) is 11.9 Å². The van der Waals surface area contributed by atoms with Crippen molar-refractivity contribution >= 4 is 12.0 Å². The molecule has 1 heterocycles. The van der Waals surface area contributed by atoms with Gasteiger partial charge in [0.25, 0.3) is 0 Å². The molecule has 6 heteroatoms. The minimum Gasteiger partial charge on any atom is -0.453 e. The predicted octanol–water partition coefficient (Wildman–Crippen LogP) is 3.28. The van der Waals surface area contributed by atoms with Crippen LogP contribution in [0.3, 0.4) is 0 Å². The number of benzene rings is 2. The van der Waals surface area contributed by atoms with E-state index >= 15 is 0 Å². The van der Waals surface area contributed by atoms with Crippen molar-refractivity contribution in [3.63, 3.8) is 0 Å². The first kappa shape index (κ1) is 19.9. The molecule has 0 aromatic heterocycles. The minimum absolute atomic E-state index is 0.00709. The third kappa shape index (κ3) is 4.68. The van der Waals surface area contributed by atoms with Crippen molar-refractivity contribution in [3.05, 3.63) is 71.0 Å². The molecule has 0 radical (unpaired) electrons. The van der Waals surface area contributed by atoms with Crippen LogP contribution < -0.4 is 5.32 Å². The van der Waals surface area contributed by atoms with Gasteiger partial charge in [-0.3, -0.25) is 4.79 Å². The summed E-state index contributed by atoms with van der Waals surface area (Å²) in [5, 5.41) is 2.67. The molecular formula is C22H25FN2O3. The van der Waals surface area contributed by atoms with Crippen molar-refractivity contribution < 1.29 is 18.7 Å². The van der Waals surface area contributed by atoms with Crippen molar-refractivity contribution in [1.82, 2.24) is 10.2 Å². The SMILES string of the molecule is COC(=O)NC(Cc1ccccc1)C(=O)N1CCc2ccc(F)cc2C(C)C1. The smallest absolute Gasteiger partial charge is 0.407 e. The van der Waals surface area contributed by atoms with Crippen molar-refractivity contribution in [2.24, 2.45) is 0 Å². The van der Waals surface area contributed by atoms with Crippen LogP contribution in [0.2, 0.25) is 0 Å². The normalized spacial score (nSPS) is 17.2. The fourth-order valence-electron chi connectivity index (χ4n) is 3.70. The molecule has 1 aliphatic heterocycles. The van der Waals surface area contributed by atoms with E-state index < -0.39 is 12.1 Å². The van der Waals surface area contributed by atoms with Crippen LogP contribution in [-0.4, -0.2) is 43.1 Å². The van der Waals surface area contributed by atoms with Crippen LogP contribution in [-0.2, 0) is 22.4 Å². The van der Waals surface area contributed by atoms with E-state index in [-0.39, 0.29) is 17.6 Å². The summed E-state index contributed by atoms with van der Waals surface area (Å²) in [6, 6.07) is 13.6. The first-order valence-electron chi connectivity index (χ1n) is 9.43. The highest BCUT2D eigenvalue weighted by molar-refractivity contribution is 5.86. The molecule has 1 N–H and O–H groups in total. The van der Waals surface area contributed by atoms with E-state index in [4.69, 9.17) is 4.74 Å². The van der Waals surface area contributed by atoms with Gasteiger partial charge in [-0.25, -0.2) is 9.18 Å². The summed E-state index contributed by atoms with van der Waals surface area (Å²) >= 11 is 0. The van der Waals surface area contributed by atoms with E-state index in [0.717, 1.165) is 16.7 Å². The van der Waals surface area contributed by atoms with Gasteiger partial charge in [0.2, 0.25) is 5.91 Å². The number of nitrogens with zero attached hydrogens (tertiary/aromatic N) is 1. The average Bonchev–Trinajstić information content (AvgIpc) is 2.86. The summed E-state index contributed by atoms with van der Waals surface area (Å²) < 4.78 is 18.4. The second-order valence-electron chi connectivity index (χ2n) is 7.16. The van der Waals surface area contributed by atoms with Crippen LogP contribution in [0.4, 0.5) is 9.18 Å². The molecule has 0 saturated carbocycles. The summed E-state index contributed by atoms with van der Waals surface area (Å²) in [7, 11) is 1.28. The number of ether oxygens (including phenoxy) is 1. The molecule has 0 aliphatic carbocycles. The quantitative estimate of drug-likeness (QED) is 0.880. The van der Waals surface area contributed by atoms with Crippen LogP contribution >= 0.6 is 0 Å². The molecular weight excluding hydrogens is 359 g/mol. The Morgan fingerprint density at radius 3 is 2.71 bits per heavy atom. The second-order valence-corrected chi connectivity index (χ2v) is 7.16. The number of nitrogens with one attached hydrogen (secondary N) is 1. The van der Waals surface area contributed by atoms with Gasteiger partial charge in [0.05, 0.1) is 7.11 Å². The van der Waals surface area contributed by atoms with Gasteiger partial charge in [-0.2, -0.15) is 0 Å². The van der Waals surface area contributed by atoms with Crippen molar-refractivity contribution in [2.45, 2.75) is 31.7 Å². The van der Waals surface area contributed by atoms with Crippen LogP contribution in [0.15, 0.2) is 48.5 Å². The van der Waals surface area contributed by atoms with Gasteiger partial charge in [-0.05, 0) is 41.2 Å². The number of rotatable bonds is 4. The first-order chi connectivity index (χ1) is 13.5. The topological polar surface area (TPSA) is 58.6 Å². The maximum absolute atomic E-state index is 13.7. The van der Waals surface area contributed by atoms with Crippen LogP contribution in [0.5, 0.6) is 0 Å². The molecule has 0 saturated heterocycles. The Balaban J connectivity index is 1.79. The fraction of sp³-hybridized carbons (Fsp3) is 0.364. The molecule has 0 spiro atoms. The molecule has 148 valence electrons. The third-order valence-electron chi connectivity index (χ3n) is 5.15. The van der Waals surface area contributed by atoms with E-state index in [0.29, 0.717) is 25.9 Å². The number of methoxy groups -OCH3 is 1. The lowest BCUT2D eigenvalue weighted by Crippen LogP contribution is -2.50. The molecule has 0 fully saturated rings. The van der Waals surface area contributed by atoms with E-state index in [1.165, 1.54) is 13.2 Å². The average molecular weight is 384 g/mol. The van der Waals surface area contributed by atoms with Gasteiger partial charge in [0, 0.05) is 19.5 Å². The zero-order valence-corrected chi connectivity index (χ0v) is 16.2. The molecule has 3 rings (SSSR count). The van der Waals surface area contributed by atoms with Crippen LogP contribution in [0.25, 0.3) is 0 Å². The predicted molar refractivity (Wildman–Crippen MR) is 105 cm³/mol. The highest BCUT2D eigenvalue weighted by atomic mass is 19.1. The lowest BCUT2D eigenvalue weighted by atomic mass is 9.95. The number of carbonyl (C=O) groups excluding carboxylic acids is 2. The minimum atomic E-state index is -0.722. The van der Waals surface area contributed by atoms with Gasteiger partial charge in [-0.15, -0.1) is 0 Å². The van der Waals surface area contributed by atoms with Gasteiger partial charge >= 0.3 is 6.09 Å². The molecule has 2 aromatic carbocycles. The zero-order chi connectivity index (χ0) is 20.1. The second kappa shape index (κ2) is 8.87. The standard InChI is InChI=1S/C22H25FN2O3/c1-15-14-25(11-10-17-8-9-18(23)13-19(15)17)21(26)20(24-22(27)28-2)12-16-6-4-3-5-7-16/h3-9,13,15,20H,10-12,14H2,1-2H3,(H,24,27).